The molecule has 6 rings (SSSR count). The lowest BCUT2D eigenvalue weighted by Gasteiger charge is -2.34. The minimum atomic E-state index is 0.00387. The highest BCUT2D eigenvalue weighted by molar-refractivity contribution is 6.24. The number of nitrogens with zero attached hydrogens (tertiary/aromatic N) is 1. The molecule has 0 aliphatic carbocycles. The van der Waals surface area contributed by atoms with Gasteiger partial charge < -0.3 is 10.1 Å². The third-order valence-electron chi connectivity index (χ3n) is 6.80. The molecule has 3 aliphatic rings. The highest BCUT2D eigenvalue weighted by Crippen LogP contribution is 2.36. The summed E-state index contributed by atoms with van der Waals surface area (Å²) in [5, 5.41) is 5.21. The molecular formula is C25H24N2O2. The summed E-state index contributed by atoms with van der Waals surface area (Å²) in [5.74, 6) is 0.00387. The van der Waals surface area contributed by atoms with Crippen LogP contribution in [0.2, 0.25) is 0 Å². The van der Waals surface area contributed by atoms with Crippen molar-refractivity contribution in [3.8, 4) is 0 Å². The molecule has 3 aliphatic heterocycles. The van der Waals surface area contributed by atoms with E-state index in [0.29, 0.717) is 12.1 Å². The number of hydrogen-bond acceptors (Lipinski definition) is 3. The number of morpholine rings is 1. The van der Waals surface area contributed by atoms with E-state index in [1.54, 1.807) is 0 Å². The summed E-state index contributed by atoms with van der Waals surface area (Å²) in [7, 11) is 0. The van der Waals surface area contributed by atoms with E-state index in [2.05, 4.69) is 46.6 Å². The van der Waals surface area contributed by atoms with Crippen LogP contribution in [-0.4, -0.2) is 36.1 Å². The Kier molecular flexibility index (Phi) is 3.96. The lowest BCUT2D eigenvalue weighted by Crippen LogP contribution is -2.45. The molecule has 2 saturated heterocycles. The Labute approximate surface area is 170 Å². The van der Waals surface area contributed by atoms with Crippen LogP contribution in [0.4, 0.5) is 5.69 Å². The maximum absolute atomic E-state index is 12.1. The molecule has 146 valence electrons. The van der Waals surface area contributed by atoms with Crippen LogP contribution in [0.15, 0.2) is 54.6 Å². The van der Waals surface area contributed by atoms with Crippen LogP contribution in [0.25, 0.3) is 10.8 Å². The van der Waals surface area contributed by atoms with E-state index in [1.807, 2.05) is 18.2 Å². The van der Waals surface area contributed by atoms with E-state index >= 15 is 0 Å². The summed E-state index contributed by atoms with van der Waals surface area (Å²) in [6, 6.07) is 20.4. The standard InChI is InChI=1S/C25H24N2O2/c28-25-22-3-1-2-21-18(8-11-23(26-25)24(21)22)12-16-4-6-17(7-5-16)13-27-19-9-10-20(27)15-29-14-19/h1-8,11,19-20H,9-10,12-15H2,(H,26,28). The second kappa shape index (κ2) is 6.68. The number of fused-ring (bicyclic) bond motifs is 2. The molecule has 4 heteroatoms. The van der Waals surface area contributed by atoms with Crippen LogP contribution in [-0.2, 0) is 17.7 Å². The average Bonchev–Trinajstić information content (AvgIpc) is 3.17. The number of ether oxygens (including phenoxy) is 1. The minimum Gasteiger partial charge on any atom is -0.378 e. The summed E-state index contributed by atoms with van der Waals surface area (Å²) < 4.78 is 5.71. The lowest BCUT2D eigenvalue weighted by atomic mass is 9.95. The lowest BCUT2D eigenvalue weighted by molar-refractivity contribution is -0.0186. The number of benzene rings is 3. The number of amides is 1. The van der Waals surface area contributed by atoms with Crippen molar-refractivity contribution in [2.75, 3.05) is 18.5 Å². The second-order valence-corrected chi connectivity index (χ2v) is 8.54. The van der Waals surface area contributed by atoms with Crippen molar-refractivity contribution in [1.82, 2.24) is 4.90 Å². The van der Waals surface area contributed by atoms with Crippen LogP contribution in [0.1, 0.15) is 39.9 Å². The molecule has 0 spiro atoms. The zero-order valence-corrected chi connectivity index (χ0v) is 16.4. The van der Waals surface area contributed by atoms with Gasteiger partial charge in [-0.3, -0.25) is 9.69 Å². The van der Waals surface area contributed by atoms with E-state index in [9.17, 15) is 4.79 Å². The molecule has 2 fully saturated rings. The van der Waals surface area contributed by atoms with Crippen molar-refractivity contribution in [3.05, 3.63) is 76.9 Å². The smallest absolute Gasteiger partial charge is 0.256 e. The Hall–Kier alpha value is -2.69. The molecule has 0 saturated carbocycles. The molecule has 3 heterocycles. The minimum absolute atomic E-state index is 0.00387. The van der Waals surface area contributed by atoms with E-state index in [1.165, 1.54) is 34.9 Å². The first-order valence-corrected chi connectivity index (χ1v) is 10.5. The molecule has 1 N–H and O–H groups in total. The summed E-state index contributed by atoms with van der Waals surface area (Å²) >= 11 is 0. The van der Waals surface area contributed by atoms with E-state index < -0.39 is 0 Å². The Morgan fingerprint density at radius 3 is 2.48 bits per heavy atom. The monoisotopic (exact) mass is 384 g/mol. The summed E-state index contributed by atoms with van der Waals surface area (Å²) in [6.45, 7) is 2.79. The Morgan fingerprint density at radius 1 is 0.931 bits per heavy atom. The molecule has 2 unspecified atom stereocenters. The first kappa shape index (κ1) is 17.2. The fraction of sp³-hybridized carbons (Fsp3) is 0.320. The van der Waals surface area contributed by atoms with Gasteiger partial charge in [0.1, 0.15) is 0 Å². The number of carbonyl (C=O) groups excluding carboxylic acids is 1. The van der Waals surface area contributed by atoms with Crippen LogP contribution >= 0.6 is 0 Å². The predicted octanol–water partition coefficient (Wildman–Crippen LogP) is 4.36. The maximum Gasteiger partial charge on any atom is 0.256 e. The zero-order chi connectivity index (χ0) is 19.4. The molecule has 0 radical (unpaired) electrons. The fourth-order valence-electron chi connectivity index (χ4n) is 5.27. The summed E-state index contributed by atoms with van der Waals surface area (Å²) in [6.07, 6.45) is 3.41. The molecular weight excluding hydrogens is 360 g/mol. The topological polar surface area (TPSA) is 41.6 Å². The molecule has 2 atom stereocenters. The molecule has 1 amide bonds. The van der Waals surface area contributed by atoms with E-state index in [-0.39, 0.29) is 5.91 Å². The largest absolute Gasteiger partial charge is 0.378 e. The van der Waals surface area contributed by atoms with Crippen molar-refractivity contribution in [2.24, 2.45) is 0 Å². The maximum atomic E-state index is 12.1. The van der Waals surface area contributed by atoms with Crippen molar-refractivity contribution in [2.45, 2.75) is 37.9 Å². The van der Waals surface area contributed by atoms with E-state index in [0.717, 1.165) is 42.8 Å². The number of hydrogen-bond donors (Lipinski definition) is 1. The van der Waals surface area contributed by atoms with Gasteiger partial charge in [0, 0.05) is 35.3 Å². The molecule has 4 nitrogen and oxygen atoms in total. The first-order valence-electron chi connectivity index (χ1n) is 10.5. The number of anilines is 1. The second-order valence-electron chi connectivity index (χ2n) is 8.54. The van der Waals surface area contributed by atoms with E-state index in [4.69, 9.17) is 4.74 Å². The third kappa shape index (κ3) is 2.86. The van der Waals surface area contributed by atoms with Gasteiger partial charge >= 0.3 is 0 Å². The molecule has 3 aromatic rings. The number of carbonyl (C=O) groups is 1. The molecule has 2 bridgehead atoms. The van der Waals surface area contributed by atoms with Crippen LogP contribution in [0.3, 0.4) is 0 Å². The van der Waals surface area contributed by atoms with Gasteiger partial charge in [0.15, 0.2) is 0 Å². The highest BCUT2D eigenvalue weighted by Gasteiger charge is 2.36. The van der Waals surface area contributed by atoms with Crippen LogP contribution in [0.5, 0.6) is 0 Å². The Morgan fingerprint density at radius 2 is 1.69 bits per heavy atom. The average molecular weight is 384 g/mol. The van der Waals surface area contributed by atoms with Gasteiger partial charge in [0.05, 0.1) is 13.2 Å². The Balaban J connectivity index is 1.24. The first-order chi connectivity index (χ1) is 14.3. The van der Waals surface area contributed by atoms with Crippen LogP contribution in [0, 0.1) is 0 Å². The summed E-state index contributed by atoms with van der Waals surface area (Å²) in [4.78, 5) is 14.8. The summed E-state index contributed by atoms with van der Waals surface area (Å²) in [5.41, 5.74) is 5.66. The van der Waals surface area contributed by atoms with Crippen LogP contribution < -0.4 is 5.32 Å². The molecule has 0 aromatic heterocycles. The van der Waals surface area contributed by atoms with Gasteiger partial charge in [-0.15, -0.1) is 0 Å². The molecule has 3 aromatic carbocycles. The normalized spacial score (nSPS) is 23.0. The van der Waals surface area contributed by atoms with Crippen molar-refractivity contribution < 1.29 is 9.53 Å². The number of rotatable bonds is 4. The quantitative estimate of drug-likeness (QED) is 0.727. The Bertz CT molecular complexity index is 1090. The SMILES string of the molecule is O=C1Nc2ccc(Cc3ccc(CN4C5CCC4COC5)cc3)c3cccc1c23. The van der Waals surface area contributed by atoms with Gasteiger partial charge in [0.25, 0.3) is 5.91 Å². The van der Waals surface area contributed by atoms with Gasteiger partial charge in [-0.1, -0.05) is 42.5 Å². The van der Waals surface area contributed by atoms with Crippen molar-refractivity contribution in [1.29, 1.82) is 0 Å². The van der Waals surface area contributed by atoms with Gasteiger partial charge in [-0.25, -0.2) is 0 Å². The van der Waals surface area contributed by atoms with Crippen molar-refractivity contribution >= 4 is 22.4 Å². The van der Waals surface area contributed by atoms with Gasteiger partial charge in [-0.05, 0) is 53.5 Å². The van der Waals surface area contributed by atoms with Gasteiger partial charge in [-0.2, -0.15) is 0 Å². The van der Waals surface area contributed by atoms with Gasteiger partial charge in [0.2, 0.25) is 0 Å². The zero-order valence-electron chi connectivity index (χ0n) is 16.4. The highest BCUT2D eigenvalue weighted by atomic mass is 16.5. The predicted molar refractivity (Wildman–Crippen MR) is 114 cm³/mol. The fourth-order valence-corrected chi connectivity index (χ4v) is 5.27. The third-order valence-corrected chi connectivity index (χ3v) is 6.80. The van der Waals surface area contributed by atoms with Crippen molar-refractivity contribution in [3.63, 3.8) is 0 Å². The number of nitrogens with one attached hydrogen (secondary N) is 1. The molecule has 29 heavy (non-hydrogen) atoms.